The molecule has 0 atom stereocenters. The Morgan fingerprint density at radius 2 is 2.20 bits per heavy atom. The number of nitrogens with two attached hydrogens (primary N) is 1. The van der Waals surface area contributed by atoms with Crippen LogP contribution < -0.4 is 10.5 Å². The highest BCUT2D eigenvalue weighted by Gasteiger charge is 2.30. The molecule has 0 saturated carbocycles. The molecule has 3 heterocycles. The fourth-order valence-electron chi connectivity index (χ4n) is 2.28. The van der Waals surface area contributed by atoms with Crippen molar-refractivity contribution in [1.29, 1.82) is 0 Å². The molecule has 0 radical (unpaired) electrons. The van der Waals surface area contributed by atoms with Gasteiger partial charge < -0.3 is 19.8 Å². The van der Waals surface area contributed by atoms with Gasteiger partial charge in [-0.15, -0.1) is 0 Å². The van der Waals surface area contributed by atoms with Crippen LogP contribution in [0.25, 0.3) is 0 Å². The van der Waals surface area contributed by atoms with Gasteiger partial charge in [0.2, 0.25) is 5.79 Å². The van der Waals surface area contributed by atoms with Crippen molar-refractivity contribution in [2.45, 2.75) is 39.7 Å². The van der Waals surface area contributed by atoms with Crippen LogP contribution >= 0.6 is 0 Å². The van der Waals surface area contributed by atoms with E-state index in [1.54, 1.807) is 6.20 Å². The highest BCUT2D eigenvalue weighted by atomic mass is 16.7. The molecule has 1 aliphatic heterocycles. The second-order valence-corrected chi connectivity index (χ2v) is 5.38. The first-order chi connectivity index (χ1) is 9.46. The summed E-state index contributed by atoms with van der Waals surface area (Å²) in [6.45, 7) is 6.85. The van der Waals surface area contributed by atoms with Crippen LogP contribution in [0.2, 0.25) is 0 Å². The maximum Gasteiger partial charge on any atom is 0.205 e. The Labute approximate surface area is 117 Å². The molecule has 20 heavy (non-hydrogen) atoms. The molecule has 1 aliphatic rings. The van der Waals surface area contributed by atoms with Gasteiger partial charge in [-0.2, -0.15) is 0 Å². The van der Waals surface area contributed by atoms with Crippen molar-refractivity contribution in [1.82, 2.24) is 14.5 Å². The van der Waals surface area contributed by atoms with Gasteiger partial charge in [0, 0.05) is 38.0 Å². The predicted octanol–water partition coefficient (Wildman–Crippen LogP) is 1.86. The van der Waals surface area contributed by atoms with Gasteiger partial charge in [0.15, 0.2) is 5.95 Å². The smallest absolute Gasteiger partial charge is 0.205 e. The minimum absolute atomic E-state index is 0.484. The quantitative estimate of drug-likeness (QED) is 0.904. The van der Waals surface area contributed by atoms with E-state index in [2.05, 4.69) is 9.97 Å². The van der Waals surface area contributed by atoms with Gasteiger partial charge in [-0.05, 0) is 12.5 Å². The van der Waals surface area contributed by atoms with Crippen molar-refractivity contribution in [3.63, 3.8) is 0 Å². The number of ether oxygens (including phenoxy) is 2. The van der Waals surface area contributed by atoms with Crippen molar-refractivity contribution in [3.8, 4) is 5.75 Å². The lowest BCUT2D eigenvalue weighted by Crippen LogP contribution is -2.36. The lowest BCUT2D eigenvalue weighted by molar-refractivity contribution is -0.180. The molecule has 2 N–H and O–H groups in total. The third-order valence-electron chi connectivity index (χ3n) is 3.40. The molecule has 0 fully saturated rings. The van der Waals surface area contributed by atoms with Gasteiger partial charge in [-0.25, -0.2) is 4.98 Å². The molecule has 6 heteroatoms. The van der Waals surface area contributed by atoms with E-state index in [0.717, 1.165) is 22.6 Å². The third kappa shape index (κ3) is 2.22. The molecule has 0 bridgehead atoms. The molecule has 2 aromatic rings. The predicted molar refractivity (Wildman–Crippen MR) is 74.2 cm³/mol. The van der Waals surface area contributed by atoms with Crippen LogP contribution in [0.5, 0.6) is 5.75 Å². The number of nitrogens with zero attached hydrogens (tertiary/aromatic N) is 3. The lowest BCUT2D eigenvalue weighted by atomic mass is 10.1. The zero-order valence-corrected chi connectivity index (χ0v) is 11.9. The van der Waals surface area contributed by atoms with E-state index in [-0.39, 0.29) is 0 Å². The van der Waals surface area contributed by atoms with Crippen LogP contribution in [0, 0.1) is 6.92 Å². The standard InChI is InChI=1S/C14H18N4O2/c1-9-12-11(8-19-14(2,3)20-12)10(6-17-9)7-18-5-4-16-13(18)15/h4-6H,7-8H2,1-3H3,(H2,15,16). The largest absolute Gasteiger partial charge is 0.461 e. The van der Waals surface area contributed by atoms with E-state index in [0.29, 0.717) is 19.1 Å². The van der Waals surface area contributed by atoms with Crippen LogP contribution in [0.15, 0.2) is 18.6 Å². The van der Waals surface area contributed by atoms with E-state index < -0.39 is 5.79 Å². The van der Waals surface area contributed by atoms with Crippen molar-refractivity contribution in [3.05, 3.63) is 35.4 Å². The summed E-state index contributed by atoms with van der Waals surface area (Å²) in [5, 5.41) is 0. The van der Waals surface area contributed by atoms with Gasteiger partial charge in [0.05, 0.1) is 18.8 Å². The van der Waals surface area contributed by atoms with E-state index in [9.17, 15) is 0 Å². The summed E-state index contributed by atoms with van der Waals surface area (Å²) in [4.78, 5) is 8.44. The Hall–Kier alpha value is -2.08. The first kappa shape index (κ1) is 12.9. The number of nitrogen functional groups attached to an aromatic ring is 1. The number of pyridine rings is 1. The summed E-state index contributed by atoms with van der Waals surface area (Å²) in [6.07, 6.45) is 5.37. The average Bonchev–Trinajstić information content (AvgIpc) is 2.78. The number of anilines is 1. The normalized spacial score (nSPS) is 16.6. The second-order valence-electron chi connectivity index (χ2n) is 5.38. The van der Waals surface area contributed by atoms with Crippen molar-refractivity contribution in [2.24, 2.45) is 0 Å². The van der Waals surface area contributed by atoms with E-state index in [1.807, 2.05) is 37.7 Å². The molecule has 3 rings (SSSR count). The fraction of sp³-hybridized carbons (Fsp3) is 0.429. The second kappa shape index (κ2) is 4.49. The van der Waals surface area contributed by atoms with Gasteiger partial charge in [-0.3, -0.25) is 4.98 Å². The van der Waals surface area contributed by atoms with Crippen molar-refractivity contribution in [2.75, 3.05) is 5.73 Å². The molecule has 6 nitrogen and oxygen atoms in total. The van der Waals surface area contributed by atoms with E-state index in [4.69, 9.17) is 15.2 Å². The van der Waals surface area contributed by atoms with Gasteiger partial charge >= 0.3 is 0 Å². The zero-order valence-electron chi connectivity index (χ0n) is 11.9. The van der Waals surface area contributed by atoms with Crippen molar-refractivity contribution < 1.29 is 9.47 Å². The third-order valence-corrected chi connectivity index (χ3v) is 3.40. The van der Waals surface area contributed by atoms with Gasteiger partial charge in [-0.1, -0.05) is 0 Å². The summed E-state index contributed by atoms with van der Waals surface area (Å²) in [6, 6.07) is 0. The van der Waals surface area contributed by atoms with Crippen LogP contribution in [0.4, 0.5) is 5.95 Å². The monoisotopic (exact) mass is 274 g/mol. The minimum Gasteiger partial charge on any atom is -0.461 e. The number of fused-ring (bicyclic) bond motifs is 1. The molecular weight excluding hydrogens is 256 g/mol. The molecule has 0 aromatic carbocycles. The molecule has 106 valence electrons. The molecule has 0 amide bonds. The molecular formula is C14H18N4O2. The number of aryl methyl sites for hydroxylation is 1. The summed E-state index contributed by atoms with van der Waals surface area (Å²) in [5.74, 6) is 0.682. The van der Waals surface area contributed by atoms with Gasteiger partial charge in [0.25, 0.3) is 0 Å². The average molecular weight is 274 g/mol. The SMILES string of the molecule is Cc1ncc(Cn2ccnc2N)c2c1OC(C)(C)OC2. The Morgan fingerprint density at radius 3 is 2.90 bits per heavy atom. The summed E-state index contributed by atoms with van der Waals surface area (Å²) >= 11 is 0. The van der Waals surface area contributed by atoms with Gasteiger partial charge in [0.1, 0.15) is 5.75 Å². The number of rotatable bonds is 2. The van der Waals surface area contributed by atoms with E-state index in [1.165, 1.54) is 0 Å². The topological polar surface area (TPSA) is 75.2 Å². The Balaban J connectivity index is 2.00. The first-order valence-corrected chi connectivity index (χ1v) is 6.53. The Kier molecular flexibility index (Phi) is 2.90. The maximum absolute atomic E-state index is 5.90. The molecule has 0 unspecified atom stereocenters. The maximum atomic E-state index is 5.90. The number of imidazole rings is 1. The molecule has 0 aliphatic carbocycles. The molecule has 0 saturated heterocycles. The lowest BCUT2D eigenvalue weighted by Gasteiger charge is -2.34. The van der Waals surface area contributed by atoms with Crippen LogP contribution in [-0.4, -0.2) is 20.3 Å². The fourth-order valence-corrected chi connectivity index (χ4v) is 2.28. The molecule has 2 aromatic heterocycles. The van der Waals surface area contributed by atoms with Crippen LogP contribution in [-0.2, 0) is 17.9 Å². The van der Waals surface area contributed by atoms with Crippen molar-refractivity contribution >= 4 is 5.95 Å². The first-order valence-electron chi connectivity index (χ1n) is 6.53. The summed E-state index contributed by atoms with van der Waals surface area (Å²) in [7, 11) is 0. The van der Waals surface area contributed by atoms with Crippen LogP contribution in [0.1, 0.15) is 30.7 Å². The number of hydrogen-bond donors (Lipinski definition) is 1. The number of hydrogen-bond acceptors (Lipinski definition) is 5. The summed E-state index contributed by atoms with van der Waals surface area (Å²) < 4.78 is 13.5. The summed E-state index contributed by atoms with van der Waals surface area (Å²) in [5.41, 5.74) is 8.75. The Morgan fingerprint density at radius 1 is 1.40 bits per heavy atom. The zero-order chi connectivity index (χ0) is 14.3. The minimum atomic E-state index is -0.619. The Bertz CT molecular complexity index is 649. The van der Waals surface area contributed by atoms with E-state index >= 15 is 0 Å². The molecule has 0 spiro atoms. The highest BCUT2D eigenvalue weighted by Crippen LogP contribution is 2.35. The van der Waals surface area contributed by atoms with Crippen LogP contribution in [0.3, 0.4) is 0 Å². The number of aromatic nitrogens is 3. The highest BCUT2D eigenvalue weighted by molar-refractivity contribution is 5.43.